The summed E-state index contributed by atoms with van der Waals surface area (Å²) in [7, 11) is 1.82. The molecule has 0 N–H and O–H groups in total. The third kappa shape index (κ3) is 2.67. The summed E-state index contributed by atoms with van der Waals surface area (Å²) in [5.74, 6) is 0.207. The third-order valence-corrected chi connectivity index (χ3v) is 5.63. The summed E-state index contributed by atoms with van der Waals surface area (Å²) >= 11 is 0. The summed E-state index contributed by atoms with van der Waals surface area (Å²) in [5, 5.41) is 0. The summed E-state index contributed by atoms with van der Waals surface area (Å²) < 4.78 is 5.75. The van der Waals surface area contributed by atoms with Crippen molar-refractivity contribution in [1.29, 1.82) is 0 Å². The van der Waals surface area contributed by atoms with Crippen LogP contribution in [0.2, 0.25) is 0 Å². The second-order valence-corrected chi connectivity index (χ2v) is 6.82. The highest BCUT2D eigenvalue weighted by Gasteiger charge is 2.46. The first-order valence-electron chi connectivity index (χ1n) is 8.60. The van der Waals surface area contributed by atoms with Gasteiger partial charge in [-0.3, -0.25) is 4.79 Å². The Morgan fingerprint density at radius 2 is 2.09 bits per heavy atom. The van der Waals surface area contributed by atoms with Crippen LogP contribution in [0, 0.1) is 5.41 Å². The molecule has 1 saturated carbocycles. The molecule has 1 spiro atoms. The summed E-state index contributed by atoms with van der Waals surface area (Å²) in [6, 6.07) is 8.04. The first-order valence-corrected chi connectivity index (χ1v) is 8.60. The zero-order valence-corrected chi connectivity index (χ0v) is 13.8. The predicted molar refractivity (Wildman–Crippen MR) is 88.0 cm³/mol. The Labute approximate surface area is 133 Å². The standard InChI is InChI=1S/C19H27NO2/c1-3-15-8-4-5-9-16(15)18(21)20-13-7-12-19(14-20)11-6-10-17(19)22-2/h4-5,8-9,17H,3,6-7,10-14H2,1-2H3/t17-,19-/m1/s1. The van der Waals surface area contributed by atoms with Gasteiger partial charge in [0, 0.05) is 31.2 Å². The van der Waals surface area contributed by atoms with Crippen LogP contribution < -0.4 is 0 Å². The number of hydrogen-bond acceptors (Lipinski definition) is 2. The molecule has 2 aliphatic rings. The molecule has 1 aromatic rings. The Bertz CT molecular complexity index is 542. The van der Waals surface area contributed by atoms with E-state index in [1.165, 1.54) is 19.3 Å². The van der Waals surface area contributed by atoms with E-state index >= 15 is 0 Å². The minimum atomic E-state index is 0.198. The lowest BCUT2D eigenvalue weighted by atomic mass is 9.76. The first kappa shape index (κ1) is 15.5. The molecule has 1 aliphatic carbocycles. The van der Waals surface area contributed by atoms with Crippen molar-refractivity contribution in [3.8, 4) is 0 Å². The molecule has 22 heavy (non-hydrogen) atoms. The molecule has 1 aliphatic heterocycles. The van der Waals surface area contributed by atoms with Crippen LogP contribution in [0.25, 0.3) is 0 Å². The highest BCUT2D eigenvalue weighted by Crippen LogP contribution is 2.46. The molecule has 2 fully saturated rings. The molecule has 0 bridgehead atoms. The number of rotatable bonds is 3. The van der Waals surface area contributed by atoms with E-state index in [4.69, 9.17) is 4.74 Å². The Morgan fingerprint density at radius 1 is 1.32 bits per heavy atom. The number of methoxy groups -OCH3 is 1. The molecular formula is C19H27NO2. The Hall–Kier alpha value is -1.35. The Morgan fingerprint density at radius 3 is 2.86 bits per heavy atom. The highest BCUT2D eigenvalue weighted by atomic mass is 16.5. The zero-order chi connectivity index (χ0) is 15.6. The van der Waals surface area contributed by atoms with Gasteiger partial charge in [-0.1, -0.05) is 31.5 Å². The number of piperidine rings is 1. The maximum atomic E-state index is 13.0. The van der Waals surface area contributed by atoms with Gasteiger partial charge in [0.25, 0.3) is 5.91 Å². The van der Waals surface area contributed by atoms with Crippen LogP contribution in [0.1, 0.15) is 54.9 Å². The highest BCUT2D eigenvalue weighted by molar-refractivity contribution is 5.95. The van der Waals surface area contributed by atoms with Crippen molar-refractivity contribution in [2.45, 2.75) is 51.6 Å². The van der Waals surface area contributed by atoms with E-state index in [0.29, 0.717) is 6.10 Å². The van der Waals surface area contributed by atoms with Crippen LogP contribution in [0.5, 0.6) is 0 Å². The van der Waals surface area contributed by atoms with Crippen molar-refractivity contribution in [3.63, 3.8) is 0 Å². The van der Waals surface area contributed by atoms with Gasteiger partial charge < -0.3 is 9.64 Å². The van der Waals surface area contributed by atoms with Crippen molar-refractivity contribution >= 4 is 5.91 Å². The first-order chi connectivity index (χ1) is 10.7. The number of benzene rings is 1. The Kier molecular flexibility index (Phi) is 4.53. The second kappa shape index (κ2) is 6.41. The largest absolute Gasteiger partial charge is 0.381 e. The minimum absolute atomic E-state index is 0.198. The van der Waals surface area contributed by atoms with E-state index < -0.39 is 0 Å². The lowest BCUT2D eigenvalue weighted by molar-refractivity contribution is -0.0295. The van der Waals surface area contributed by atoms with Gasteiger partial charge in [0.1, 0.15) is 0 Å². The number of ether oxygens (including phenoxy) is 1. The molecule has 1 heterocycles. The topological polar surface area (TPSA) is 29.5 Å². The number of likely N-dealkylation sites (tertiary alicyclic amines) is 1. The van der Waals surface area contributed by atoms with Crippen molar-refractivity contribution < 1.29 is 9.53 Å². The number of nitrogens with zero attached hydrogens (tertiary/aromatic N) is 1. The Balaban J connectivity index is 1.81. The predicted octanol–water partition coefficient (Wildman–Crippen LogP) is 3.67. The van der Waals surface area contributed by atoms with Crippen LogP contribution in [0.15, 0.2) is 24.3 Å². The van der Waals surface area contributed by atoms with E-state index in [2.05, 4.69) is 17.9 Å². The third-order valence-electron chi connectivity index (χ3n) is 5.63. The lowest BCUT2D eigenvalue weighted by Gasteiger charge is -2.43. The molecular weight excluding hydrogens is 274 g/mol. The molecule has 0 unspecified atom stereocenters. The molecule has 120 valence electrons. The fourth-order valence-electron chi connectivity index (χ4n) is 4.48. The van der Waals surface area contributed by atoms with Crippen molar-refractivity contribution in [2.75, 3.05) is 20.2 Å². The van der Waals surface area contributed by atoms with Gasteiger partial charge in [0.2, 0.25) is 0 Å². The number of hydrogen-bond donors (Lipinski definition) is 0. The number of carbonyl (C=O) groups is 1. The van der Waals surface area contributed by atoms with Gasteiger partial charge in [0.15, 0.2) is 0 Å². The molecule has 1 amide bonds. The van der Waals surface area contributed by atoms with Crippen molar-refractivity contribution in [3.05, 3.63) is 35.4 Å². The molecule has 2 atom stereocenters. The van der Waals surface area contributed by atoms with Gasteiger partial charge in [-0.15, -0.1) is 0 Å². The number of amides is 1. The summed E-state index contributed by atoms with van der Waals surface area (Å²) in [6.45, 7) is 3.86. The summed E-state index contributed by atoms with van der Waals surface area (Å²) in [6.07, 6.45) is 7.09. The maximum absolute atomic E-state index is 13.0. The minimum Gasteiger partial charge on any atom is -0.381 e. The smallest absolute Gasteiger partial charge is 0.254 e. The maximum Gasteiger partial charge on any atom is 0.254 e. The number of aryl methyl sites for hydroxylation is 1. The fourth-order valence-corrected chi connectivity index (χ4v) is 4.48. The van der Waals surface area contributed by atoms with Crippen LogP contribution >= 0.6 is 0 Å². The average molecular weight is 301 g/mol. The normalized spacial score (nSPS) is 28.3. The van der Waals surface area contributed by atoms with E-state index in [1.54, 1.807) is 0 Å². The van der Waals surface area contributed by atoms with E-state index in [1.807, 2.05) is 25.3 Å². The van der Waals surface area contributed by atoms with Crippen LogP contribution in [-0.4, -0.2) is 37.1 Å². The molecule has 1 aromatic carbocycles. The SMILES string of the molecule is CCc1ccccc1C(=O)N1CCC[C@]2(CCC[C@H]2OC)C1. The molecule has 0 aromatic heterocycles. The zero-order valence-electron chi connectivity index (χ0n) is 13.8. The van der Waals surface area contributed by atoms with Crippen molar-refractivity contribution in [1.82, 2.24) is 4.90 Å². The van der Waals surface area contributed by atoms with Crippen LogP contribution in [-0.2, 0) is 11.2 Å². The van der Waals surface area contributed by atoms with E-state index in [9.17, 15) is 4.79 Å². The van der Waals surface area contributed by atoms with Gasteiger partial charge in [-0.2, -0.15) is 0 Å². The van der Waals surface area contributed by atoms with Crippen LogP contribution in [0.3, 0.4) is 0 Å². The fraction of sp³-hybridized carbons (Fsp3) is 0.632. The molecule has 0 radical (unpaired) electrons. The van der Waals surface area contributed by atoms with Gasteiger partial charge in [-0.05, 0) is 43.7 Å². The average Bonchev–Trinajstić information content (AvgIpc) is 2.95. The monoisotopic (exact) mass is 301 g/mol. The number of carbonyl (C=O) groups excluding carboxylic acids is 1. The van der Waals surface area contributed by atoms with Crippen LogP contribution in [0.4, 0.5) is 0 Å². The van der Waals surface area contributed by atoms with Gasteiger partial charge >= 0.3 is 0 Å². The quantitative estimate of drug-likeness (QED) is 0.852. The lowest BCUT2D eigenvalue weighted by Crippen LogP contribution is -2.50. The molecule has 3 nitrogen and oxygen atoms in total. The van der Waals surface area contributed by atoms with Crippen molar-refractivity contribution in [2.24, 2.45) is 5.41 Å². The molecule has 3 heteroatoms. The summed E-state index contributed by atoms with van der Waals surface area (Å²) in [4.78, 5) is 15.1. The summed E-state index contributed by atoms with van der Waals surface area (Å²) in [5.41, 5.74) is 2.24. The van der Waals surface area contributed by atoms with E-state index in [-0.39, 0.29) is 11.3 Å². The molecule has 1 saturated heterocycles. The second-order valence-electron chi connectivity index (χ2n) is 6.82. The van der Waals surface area contributed by atoms with Gasteiger partial charge in [-0.25, -0.2) is 0 Å². The van der Waals surface area contributed by atoms with Gasteiger partial charge in [0.05, 0.1) is 6.10 Å². The van der Waals surface area contributed by atoms with E-state index in [0.717, 1.165) is 43.5 Å². The molecule has 3 rings (SSSR count).